The van der Waals surface area contributed by atoms with Crippen LogP contribution in [0.4, 0.5) is 0 Å². The zero-order valence-corrected chi connectivity index (χ0v) is 20.1. The molecule has 164 valence electrons. The van der Waals surface area contributed by atoms with Crippen LogP contribution in [-0.2, 0) is 20.6 Å². The van der Waals surface area contributed by atoms with Crippen LogP contribution in [0.2, 0.25) is 16.6 Å². The number of hydrogen-bond acceptors (Lipinski definition) is 4. The average Bonchev–Trinajstić information content (AvgIpc) is 2.65. The van der Waals surface area contributed by atoms with Gasteiger partial charge >= 0.3 is 5.97 Å². The first-order chi connectivity index (χ1) is 13.5. The number of carboxylic acids is 1. The molecule has 0 bridgehead atoms. The lowest BCUT2D eigenvalue weighted by molar-refractivity contribution is -0.131. The highest BCUT2D eigenvalue weighted by Gasteiger charge is 2.47. The molecular weight excluding hydrogens is 384 g/mol. The Morgan fingerprint density at radius 1 is 1.00 bits per heavy atom. The lowest BCUT2D eigenvalue weighted by Crippen LogP contribution is -2.52. The fraction of sp³-hybridized carbons (Fsp3) is 0.609. The molecule has 0 aliphatic rings. The highest BCUT2D eigenvalue weighted by molar-refractivity contribution is 6.77. The first-order valence-electron chi connectivity index (χ1n) is 10.4. The van der Waals surface area contributed by atoms with Gasteiger partial charge in [0.2, 0.25) is 8.32 Å². The molecular formula is C23H38O5Si. The fourth-order valence-electron chi connectivity index (χ4n) is 4.16. The molecule has 1 N–H and O–H groups in total. The third-order valence-corrected chi connectivity index (χ3v) is 11.7. The smallest absolute Gasteiger partial charge is 0.328 e. The van der Waals surface area contributed by atoms with Gasteiger partial charge in [0, 0.05) is 6.08 Å². The number of benzene rings is 1. The maximum absolute atomic E-state index is 11.1. The maximum atomic E-state index is 11.1. The van der Waals surface area contributed by atoms with E-state index in [-0.39, 0.29) is 6.10 Å². The van der Waals surface area contributed by atoms with Crippen molar-refractivity contribution >= 4 is 14.3 Å². The second kappa shape index (κ2) is 11.5. The van der Waals surface area contributed by atoms with Crippen LogP contribution in [-0.4, -0.2) is 38.7 Å². The van der Waals surface area contributed by atoms with Crippen LogP contribution in [0.15, 0.2) is 36.4 Å². The van der Waals surface area contributed by atoms with Gasteiger partial charge in [-0.2, -0.15) is 0 Å². The highest BCUT2D eigenvalue weighted by Crippen LogP contribution is 2.43. The quantitative estimate of drug-likeness (QED) is 0.340. The van der Waals surface area contributed by atoms with Crippen molar-refractivity contribution in [1.29, 1.82) is 0 Å². The molecule has 1 rings (SSSR count). The van der Waals surface area contributed by atoms with Crippen LogP contribution in [0, 0.1) is 0 Å². The monoisotopic (exact) mass is 422 g/mol. The summed E-state index contributed by atoms with van der Waals surface area (Å²) >= 11 is 0. The van der Waals surface area contributed by atoms with Gasteiger partial charge in [0.25, 0.3) is 0 Å². The molecule has 0 saturated carbocycles. The molecule has 6 heteroatoms. The number of aliphatic carboxylic acids is 1. The Labute approximate surface area is 177 Å². The second-order valence-electron chi connectivity index (χ2n) is 8.46. The Morgan fingerprint density at radius 2 is 1.52 bits per heavy atom. The van der Waals surface area contributed by atoms with E-state index in [9.17, 15) is 4.79 Å². The standard InChI is InChI=1S/C23H38O5Si/c1-16(2)29(17(3)4,18(5)6)28-22(13-14-23(24)25)19(7)27-15-20-9-11-21(26-8)12-10-20/h9-14,16-19,22H,15H2,1-8H3,(H,24,25)/b14-13+/t19-,22+/m1/s1. The van der Waals surface area contributed by atoms with Crippen LogP contribution in [0.5, 0.6) is 5.75 Å². The lowest BCUT2D eigenvalue weighted by Gasteiger charge is -2.45. The number of carbonyl (C=O) groups is 1. The maximum Gasteiger partial charge on any atom is 0.328 e. The van der Waals surface area contributed by atoms with Crippen LogP contribution in [0.25, 0.3) is 0 Å². The van der Waals surface area contributed by atoms with Gasteiger partial charge in [-0.3, -0.25) is 0 Å². The van der Waals surface area contributed by atoms with Crippen molar-refractivity contribution in [2.45, 2.75) is 83.9 Å². The summed E-state index contributed by atoms with van der Waals surface area (Å²) in [4.78, 5) is 11.1. The molecule has 2 atom stereocenters. The Kier molecular flexibility index (Phi) is 10.1. The van der Waals surface area contributed by atoms with E-state index in [4.69, 9.17) is 19.0 Å². The zero-order valence-electron chi connectivity index (χ0n) is 19.1. The van der Waals surface area contributed by atoms with Crippen molar-refractivity contribution in [3.8, 4) is 5.75 Å². The van der Waals surface area contributed by atoms with Gasteiger partial charge in [0.05, 0.1) is 25.9 Å². The van der Waals surface area contributed by atoms with Gasteiger partial charge in [-0.05, 0) is 47.3 Å². The van der Waals surface area contributed by atoms with E-state index in [0.29, 0.717) is 23.2 Å². The van der Waals surface area contributed by atoms with Gasteiger partial charge in [-0.1, -0.05) is 53.7 Å². The summed E-state index contributed by atoms with van der Waals surface area (Å²) in [5.74, 6) is -0.180. The van der Waals surface area contributed by atoms with Gasteiger partial charge in [-0.25, -0.2) is 4.79 Å². The first-order valence-corrected chi connectivity index (χ1v) is 12.5. The molecule has 0 heterocycles. The molecule has 1 aromatic carbocycles. The minimum Gasteiger partial charge on any atom is -0.497 e. The third kappa shape index (κ3) is 6.98. The van der Waals surface area contributed by atoms with Gasteiger partial charge in [0.15, 0.2) is 0 Å². The molecule has 0 aromatic heterocycles. The van der Waals surface area contributed by atoms with Crippen LogP contribution >= 0.6 is 0 Å². The highest BCUT2D eigenvalue weighted by atomic mass is 28.4. The predicted molar refractivity (Wildman–Crippen MR) is 120 cm³/mol. The van der Waals surface area contributed by atoms with Crippen molar-refractivity contribution in [2.24, 2.45) is 0 Å². The lowest BCUT2D eigenvalue weighted by atomic mass is 10.2. The summed E-state index contributed by atoms with van der Waals surface area (Å²) in [6, 6.07) is 7.72. The summed E-state index contributed by atoms with van der Waals surface area (Å²) in [5.41, 5.74) is 2.23. The van der Waals surface area contributed by atoms with Gasteiger partial charge in [0.1, 0.15) is 5.75 Å². The van der Waals surface area contributed by atoms with E-state index >= 15 is 0 Å². The average molecular weight is 423 g/mol. The van der Waals surface area contributed by atoms with E-state index in [1.54, 1.807) is 13.2 Å². The number of rotatable bonds is 12. The van der Waals surface area contributed by atoms with Crippen molar-refractivity contribution in [1.82, 2.24) is 0 Å². The van der Waals surface area contributed by atoms with Crippen LogP contribution < -0.4 is 4.74 Å². The van der Waals surface area contributed by atoms with E-state index in [2.05, 4.69) is 41.5 Å². The number of methoxy groups -OCH3 is 1. The van der Waals surface area contributed by atoms with Crippen molar-refractivity contribution < 1.29 is 23.8 Å². The van der Waals surface area contributed by atoms with Crippen molar-refractivity contribution in [3.63, 3.8) is 0 Å². The van der Waals surface area contributed by atoms with Crippen LogP contribution in [0.3, 0.4) is 0 Å². The van der Waals surface area contributed by atoms with E-state index in [1.807, 2.05) is 31.2 Å². The summed E-state index contributed by atoms with van der Waals surface area (Å²) in [6.07, 6.45) is 2.10. The first kappa shape index (κ1) is 25.4. The normalized spacial score (nSPS) is 14.7. The molecule has 0 aliphatic heterocycles. The molecule has 0 radical (unpaired) electrons. The number of ether oxygens (including phenoxy) is 2. The summed E-state index contributed by atoms with van der Waals surface area (Å²) < 4.78 is 18.1. The van der Waals surface area contributed by atoms with E-state index in [1.165, 1.54) is 0 Å². The molecule has 0 spiro atoms. The molecule has 0 saturated heterocycles. The Morgan fingerprint density at radius 3 is 1.93 bits per heavy atom. The molecule has 29 heavy (non-hydrogen) atoms. The molecule has 0 aliphatic carbocycles. The van der Waals surface area contributed by atoms with E-state index < -0.39 is 20.4 Å². The van der Waals surface area contributed by atoms with Crippen molar-refractivity contribution in [3.05, 3.63) is 42.0 Å². The summed E-state index contributed by atoms with van der Waals surface area (Å²) in [7, 11) is -0.549. The number of carboxylic acid groups (broad SMARTS) is 1. The number of hydrogen-bond donors (Lipinski definition) is 1. The van der Waals surface area contributed by atoms with Crippen LogP contribution in [0.1, 0.15) is 54.0 Å². The Hall–Kier alpha value is -1.63. The van der Waals surface area contributed by atoms with E-state index in [0.717, 1.165) is 17.4 Å². The topological polar surface area (TPSA) is 65.0 Å². The zero-order chi connectivity index (χ0) is 22.2. The SMILES string of the molecule is COc1ccc(CO[C@H](C)[C@H](/C=C/C(=O)O)O[Si](C(C)C)(C(C)C)C(C)C)cc1. The van der Waals surface area contributed by atoms with Crippen molar-refractivity contribution in [2.75, 3.05) is 7.11 Å². The molecule has 1 aromatic rings. The fourth-order valence-corrected chi connectivity index (χ4v) is 9.72. The minimum absolute atomic E-state index is 0.282. The minimum atomic E-state index is -2.19. The Balaban J connectivity index is 3.04. The Bertz CT molecular complexity index is 630. The van der Waals surface area contributed by atoms with Gasteiger partial charge < -0.3 is 19.0 Å². The third-order valence-electron chi connectivity index (χ3n) is 5.61. The molecule has 5 nitrogen and oxygen atoms in total. The van der Waals surface area contributed by atoms with Gasteiger partial charge in [-0.15, -0.1) is 0 Å². The molecule has 0 fully saturated rings. The summed E-state index contributed by atoms with van der Waals surface area (Å²) in [6.45, 7) is 15.7. The molecule has 0 unspecified atom stereocenters. The largest absolute Gasteiger partial charge is 0.497 e. The summed E-state index contributed by atoms with van der Waals surface area (Å²) in [5, 5.41) is 9.14. The molecule has 0 amide bonds. The second-order valence-corrected chi connectivity index (χ2v) is 13.9. The predicted octanol–water partition coefficient (Wildman–Crippen LogP) is 5.80.